The number of rotatable bonds is 12. The van der Waals surface area contributed by atoms with E-state index >= 15 is 0 Å². The van der Waals surface area contributed by atoms with Gasteiger partial charge in [-0.1, -0.05) is 0 Å². The van der Waals surface area contributed by atoms with E-state index in [0.29, 0.717) is 0 Å². The van der Waals surface area contributed by atoms with Crippen LogP contribution in [0.15, 0.2) is 24.3 Å². The summed E-state index contributed by atoms with van der Waals surface area (Å²) in [5.41, 5.74) is 0. The molecule has 0 fully saturated rings. The third-order valence-corrected chi connectivity index (χ3v) is 8.64. The minimum absolute atomic E-state index is 0.0370. The molecule has 0 aromatic heterocycles. The molecule has 0 bridgehead atoms. The van der Waals surface area contributed by atoms with Crippen LogP contribution in [0, 0.1) is 0 Å². The fourth-order valence-electron chi connectivity index (χ4n) is 3.35. The number of carbonyl (C=O) groups excluding carboxylic acids is 5. The first-order valence-corrected chi connectivity index (χ1v) is 11.6. The van der Waals surface area contributed by atoms with E-state index in [0.717, 1.165) is 9.80 Å². The SMILES string of the molecule is CNC(=O)CCN(C)P(=O)(N(C)CCN1C(=O)C=CC1=O)N(C)CCN1C(=O)C=CC1=O. The van der Waals surface area contributed by atoms with Crippen LogP contribution < -0.4 is 5.32 Å². The lowest BCUT2D eigenvalue weighted by atomic mass is 10.4. The Labute approximate surface area is 187 Å². The highest BCUT2D eigenvalue weighted by molar-refractivity contribution is 7.56. The molecule has 32 heavy (non-hydrogen) atoms. The summed E-state index contributed by atoms with van der Waals surface area (Å²) in [4.78, 5) is 61.1. The van der Waals surface area contributed by atoms with Gasteiger partial charge in [-0.15, -0.1) is 0 Å². The zero-order chi connectivity index (χ0) is 24.1. The zero-order valence-corrected chi connectivity index (χ0v) is 19.6. The van der Waals surface area contributed by atoms with E-state index in [2.05, 4.69) is 5.32 Å². The Kier molecular flexibility index (Phi) is 8.62. The Bertz CT molecular complexity index is 811. The normalized spacial score (nSPS) is 16.6. The highest BCUT2D eigenvalue weighted by Crippen LogP contribution is 2.53. The molecular weight excluding hydrogens is 439 g/mol. The van der Waals surface area contributed by atoms with Crippen molar-refractivity contribution in [2.75, 3.05) is 60.9 Å². The highest BCUT2D eigenvalue weighted by Gasteiger charge is 2.38. The molecule has 0 aromatic carbocycles. The number of hydrogen-bond acceptors (Lipinski definition) is 6. The van der Waals surface area contributed by atoms with Crippen LogP contribution in [0.25, 0.3) is 0 Å². The van der Waals surface area contributed by atoms with E-state index in [-0.39, 0.29) is 45.1 Å². The first-order chi connectivity index (χ1) is 15.0. The molecule has 0 atom stereocenters. The summed E-state index contributed by atoms with van der Waals surface area (Å²) in [7, 11) is 2.84. The van der Waals surface area contributed by atoms with E-state index in [9.17, 15) is 28.5 Å². The van der Waals surface area contributed by atoms with Crippen molar-refractivity contribution in [1.29, 1.82) is 0 Å². The van der Waals surface area contributed by atoms with Crippen molar-refractivity contribution >= 4 is 37.1 Å². The van der Waals surface area contributed by atoms with Gasteiger partial charge in [0.15, 0.2) is 0 Å². The fourth-order valence-corrected chi connectivity index (χ4v) is 5.98. The molecule has 12 nitrogen and oxygen atoms in total. The second-order valence-corrected chi connectivity index (χ2v) is 10.5. The third-order valence-electron chi connectivity index (χ3n) is 5.37. The van der Waals surface area contributed by atoms with Crippen molar-refractivity contribution in [3.63, 3.8) is 0 Å². The Morgan fingerprint density at radius 2 is 1.12 bits per heavy atom. The molecule has 176 valence electrons. The molecule has 0 radical (unpaired) electrons. The largest absolute Gasteiger partial charge is 0.359 e. The standard InChI is InChI=1S/C19H29N6O6P/c1-20-15(26)9-10-21(2)32(31,22(3)11-13-24-16(27)5-6-17(24)28)23(4)12-14-25-18(29)7-8-19(25)30/h5-8H,9-14H2,1-4H3,(H,20,26). The number of nitrogens with one attached hydrogen (secondary N) is 1. The fraction of sp³-hybridized carbons (Fsp3) is 0.526. The summed E-state index contributed by atoms with van der Waals surface area (Å²) in [5.74, 6) is -1.94. The van der Waals surface area contributed by atoms with Crippen molar-refractivity contribution in [3.05, 3.63) is 24.3 Å². The van der Waals surface area contributed by atoms with Crippen LogP contribution in [0.5, 0.6) is 0 Å². The van der Waals surface area contributed by atoms with Gasteiger partial charge in [-0.25, -0.2) is 14.0 Å². The van der Waals surface area contributed by atoms with Crippen LogP contribution in [0.2, 0.25) is 0 Å². The van der Waals surface area contributed by atoms with Crippen molar-refractivity contribution in [2.24, 2.45) is 0 Å². The molecule has 1 N–H and O–H groups in total. The number of nitrogens with zero attached hydrogens (tertiary/aromatic N) is 5. The lowest BCUT2D eigenvalue weighted by molar-refractivity contribution is -0.138. The van der Waals surface area contributed by atoms with Crippen LogP contribution in [0.4, 0.5) is 0 Å². The molecule has 0 aromatic rings. The predicted molar refractivity (Wildman–Crippen MR) is 116 cm³/mol. The number of amides is 5. The minimum Gasteiger partial charge on any atom is -0.359 e. The molecule has 13 heteroatoms. The number of imide groups is 2. The summed E-state index contributed by atoms with van der Waals surface area (Å²) in [6, 6.07) is 0. The molecule has 0 saturated heterocycles. The summed E-state index contributed by atoms with van der Waals surface area (Å²) in [5, 5.41) is 2.51. The second-order valence-electron chi connectivity index (χ2n) is 7.40. The van der Waals surface area contributed by atoms with Crippen LogP contribution in [0.1, 0.15) is 6.42 Å². The molecule has 2 aliphatic heterocycles. The average molecular weight is 468 g/mol. The molecule has 2 heterocycles. The van der Waals surface area contributed by atoms with E-state index in [4.69, 9.17) is 0 Å². The molecule has 0 saturated carbocycles. The Balaban J connectivity index is 2.13. The average Bonchev–Trinajstić information content (AvgIpc) is 3.27. The van der Waals surface area contributed by atoms with Gasteiger partial charge in [0.1, 0.15) is 0 Å². The molecule has 0 spiro atoms. The van der Waals surface area contributed by atoms with Crippen LogP contribution in [-0.4, -0.2) is 114 Å². The number of carbonyl (C=O) groups is 5. The third kappa shape index (κ3) is 5.57. The smallest absolute Gasteiger partial charge is 0.286 e. The molecular formula is C19H29N6O6P. The maximum atomic E-state index is 14.2. The predicted octanol–water partition coefficient (Wildman–Crippen LogP) is -1.12. The lowest BCUT2D eigenvalue weighted by Crippen LogP contribution is -2.44. The molecule has 5 amide bonds. The van der Waals surface area contributed by atoms with Gasteiger partial charge in [-0.3, -0.25) is 38.3 Å². The first-order valence-electron chi connectivity index (χ1n) is 10.0. The van der Waals surface area contributed by atoms with Gasteiger partial charge in [-0.2, -0.15) is 0 Å². The van der Waals surface area contributed by atoms with Gasteiger partial charge >= 0.3 is 0 Å². The van der Waals surface area contributed by atoms with Gasteiger partial charge in [-0.05, 0) is 21.1 Å². The highest BCUT2D eigenvalue weighted by atomic mass is 31.2. The monoisotopic (exact) mass is 468 g/mol. The summed E-state index contributed by atoms with van der Waals surface area (Å²) < 4.78 is 18.8. The quantitative estimate of drug-likeness (QED) is 0.279. The van der Waals surface area contributed by atoms with Crippen molar-refractivity contribution < 1.29 is 28.5 Å². The van der Waals surface area contributed by atoms with E-state index in [1.165, 1.54) is 40.7 Å². The zero-order valence-electron chi connectivity index (χ0n) is 18.7. The van der Waals surface area contributed by atoms with Gasteiger partial charge in [0.25, 0.3) is 31.2 Å². The van der Waals surface area contributed by atoms with Crippen molar-refractivity contribution in [1.82, 2.24) is 29.1 Å². The van der Waals surface area contributed by atoms with Crippen LogP contribution in [0.3, 0.4) is 0 Å². The minimum atomic E-state index is -3.47. The number of likely N-dealkylation sites (N-methyl/N-ethyl adjacent to an activating group) is 2. The Hall–Kier alpha value is -2.66. The Morgan fingerprint density at radius 3 is 1.47 bits per heavy atom. The van der Waals surface area contributed by atoms with Gasteiger partial charge in [0.05, 0.1) is 0 Å². The van der Waals surface area contributed by atoms with Crippen LogP contribution >= 0.6 is 7.59 Å². The Morgan fingerprint density at radius 1 is 0.781 bits per heavy atom. The maximum Gasteiger partial charge on any atom is 0.286 e. The molecule has 0 aliphatic carbocycles. The van der Waals surface area contributed by atoms with Gasteiger partial charge < -0.3 is 5.32 Å². The lowest BCUT2D eigenvalue weighted by Gasteiger charge is -2.41. The second kappa shape index (κ2) is 10.8. The van der Waals surface area contributed by atoms with E-state index in [1.807, 2.05) is 0 Å². The van der Waals surface area contributed by atoms with Crippen molar-refractivity contribution in [3.8, 4) is 0 Å². The van der Waals surface area contributed by atoms with E-state index in [1.54, 1.807) is 25.8 Å². The summed E-state index contributed by atoms with van der Waals surface area (Å²) in [6.45, 7) is 0.491. The molecule has 0 unspecified atom stereocenters. The molecule has 2 rings (SSSR count). The van der Waals surface area contributed by atoms with Crippen LogP contribution in [-0.2, 0) is 28.5 Å². The van der Waals surface area contributed by atoms with E-state index < -0.39 is 31.2 Å². The summed E-state index contributed by atoms with van der Waals surface area (Å²) >= 11 is 0. The van der Waals surface area contributed by atoms with Gasteiger partial charge in [0.2, 0.25) is 5.91 Å². The van der Waals surface area contributed by atoms with Crippen molar-refractivity contribution in [2.45, 2.75) is 6.42 Å². The maximum absolute atomic E-state index is 14.2. The van der Waals surface area contributed by atoms with Gasteiger partial charge in [0, 0.05) is 70.5 Å². The first kappa shape index (κ1) is 25.6. The molecule has 2 aliphatic rings. The topological polar surface area (TPSA) is 131 Å². The number of hydrogen-bond donors (Lipinski definition) is 1. The summed E-state index contributed by atoms with van der Waals surface area (Å²) in [6.07, 6.45) is 4.84.